The number of carbonyl (C=O) groups is 1. The Morgan fingerprint density at radius 3 is 2.48 bits per heavy atom. The predicted molar refractivity (Wildman–Crippen MR) is 165 cm³/mol. The van der Waals surface area contributed by atoms with Gasteiger partial charge in [0.15, 0.2) is 0 Å². The molecule has 1 heterocycles. The van der Waals surface area contributed by atoms with E-state index in [4.69, 9.17) is 0 Å². The number of hydrogen-bond acceptors (Lipinski definition) is 4. The Morgan fingerprint density at radius 1 is 0.975 bits per heavy atom. The lowest BCUT2D eigenvalue weighted by Gasteiger charge is -2.32. The molecule has 2 aliphatic rings. The maximum Gasteiger partial charge on any atom is 0.255 e. The summed E-state index contributed by atoms with van der Waals surface area (Å²) in [5.74, 6) is 7.16. The normalized spacial score (nSPS) is 16.2. The lowest BCUT2D eigenvalue weighted by molar-refractivity contribution is 0.102. The van der Waals surface area contributed by atoms with E-state index in [1.165, 1.54) is 29.5 Å². The number of piperazine rings is 1. The number of nitrogens with one attached hydrogen (secondary N) is 2. The van der Waals surface area contributed by atoms with Crippen LogP contribution in [0.2, 0.25) is 0 Å². The molecule has 0 aromatic heterocycles. The van der Waals surface area contributed by atoms with Crippen molar-refractivity contribution < 1.29 is 4.79 Å². The van der Waals surface area contributed by atoms with Gasteiger partial charge >= 0.3 is 0 Å². The van der Waals surface area contributed by atoms with Crippen LogP contribution in [0, 0.1) is 25.7 Å². The minimum absolute atomic E-state index is 0.110. The topological polar surface area (TPSA) is 47.6 Å². The van der Waals surface area contributed by atoms with Crippen LogP contribution in [0.5, 0.6) is 0 Å². The highest BCUT2D eigenvalue weighted by Crippen LogP contribution is 2.43. The molecule has 0 spiro atoms. The summed E-state index contributed by atoms with van der Waals surface area (Å²) in [6, 6.07) is 20.5. The van der Waals surface area contributed by atoms with E-state index in [1.807, 2.05) is 50.5 Å². The van der Waals surface area contributed by atoms with Gasteiger partial charge in [0.25, 0.3) is 5.91 Å². The van der Waals surface area contributed by atoms with Gasteiger partial charge in [-0.1, -0.05) is 48.2 Å². The molecule has 5 nitrogen and oxygen atoms in total. The largest absolute Gasteiger partial charge is 0.393 e. The number of benzene rings is 3. The number of hydrogen-bond donors (Lipinski definition) is 2. The fourth-order valence-electron chi connectivity index (χ4n) is 5.27. The van der Waals surface area contributed by atoms with Crippen LogP contribution >= 0.6 is 0 Å². The summed E-state index contributed by atoms with van der Waals surface area (Å²) < 4.78 is 0. The van der Waals surface area contributed by atoms with Gasteiger partial charge in [-0.15, -0.1) is 0 Å². The zero-order valence-corrected chi connectivity index (χ0v) is 24.2. The first-order chi connectivity index (χ1) is 19.4. The van der Waals surface area contributed by atoms with Crippen molar-refractivity contribution in [3.8, 4) is 11.8 Å². The number of likely N-dealkylation sites (N-methyl/N-ethyl adjacent to an activating group) is 1. The van der Waals surface area contributed by atoms with Crippen molar-refractivity contribution in [2.24, 2.45) is 0 Å². The molecule has 3 aromatic rings. The standard InChI is InChI=1S/C35H40N4O/c1-25-9-10-29(21-28(25)13-14-30(23-36-3)33-8-6-5-7-26(33)2)35(40)37-32-16-15-31(34(22-32)27-11-12-27)24-39-19-17-38(4)18-20-39/h5-10,15-16,21-23,27,36H,11-12,17-20,24H2,1-4H3,(H,37,40)/b30-23-. The molecule has 40 heavy (non-hydrogen) atoms. The van der Waals surface area contributed by atoms with Crippen LogP contribution in [-0.2, 0) is 6.54 Å². The fraction of sp³-hybridized carbons (Fsp3) is 0.343. The van der Waals surface area contributed by atoms with Gasteiger partial charge in [0, 0.05) is 68.4 Å². The van der Waals surface area contributed by atoms with Crippen molar-refractivity contribution >= 4 is 17.2 Å². The second-order valence-electron chi connectivity index (χ2n) is 11.2. The van der Waals surface area contributed by atoms with Gasteiger partial charge in [-0.2, -0.15) is 0 Å². The van der Waals surface area contributed by atoms with Crippen molar-refractivity contribution in [1.82, 2.24) is 15.1 Å². The minimum Gasteiger partial charge on any atom is -0.393 e. The summed E-state index contributed by atoms with van der Waals surface area (Å²) in [5.41, 5.74) is 9.34. The highest BCUT2D eigenvalue weighted by molar-refractivity contribution is 6.04. The Kier molecular flexibility index (Phi) is 8.69. The van der Waals surface area contributed by atoms with Crippen LogP contribution in [0.3, 0.4) is 0 Å². The zero-order chi connectivity index (χ0) is 28.1. The van der Waals surface area contributed by atoms with Crippen LogP contribution in [0.25, 0.3) is 5.57 Å². The van der Waals surface area contributed by atoms with E-state index in [1.54, 1.807) is 0 Å². The molecule has 0 unspecified atom stereocenters. The van der Waals surface area contributed by atoms with Crippen LogP contribution in [0.1, 0.15) is 62.5 Å². The van der Waals surface area contributed by atoms with Crippen molar-refractivity contribution in [3.05, 3.63) is 106 Å². The third kappa shape index (κ3) is 6.83. The van der Waals surface area contributed by atoms with Crippen molar-refractivity contribution in [1.29, 1.82) is 0 Å². The third-order valence-corrected chi connectivity index (χ3v) is 7.97. The van der Waals surface area contributed by atoms with Crippen molar-refractivity contribution in [2.75, 3.05) is 45.6 Å². The quantitative estimate of drug-likeness (QED) is 0.378. The minimum atomic E-state index is -0.110. The van der Waals surface area contributed by atoms with E-state index in [-0.39, 0.29) is 5.91 Å². The summed E-state index contributed by atoms with van der Waals surface area (Å²) in [6.45, 7) is 9.56. The lowest BCUT2D eigenvalue weighted by Crippen LogP contribution is -2.44. The maximum atomic E-state index is 13.3. The van der Waals surface area contributed by atoms with Crippen LogP contribution in [0.15, 0.2) is 66.9 Å². The summed E-state index contributed by atoms with van der Waals surface area (Å²) in [7, 11) is 4.07. The van der Waals surface area contributed by atoms with Gasteiger partial charge in [0.1, 0.15) is 0 Å². The number of nitrogens with zero attached hydrogens (tertiary/aromatic N) is 2. The van der Waals surface area contributed by atoms with Crippen molar-refractivity contribution in [2.45, 2.75) is 39.2 Å². The highest BCUT2D eigenvalue weighted by atomic mass is 16.1. The third-order valence-electron chi connectivity index (χ3n) is 7.97. The smallest absolute Gasteiger partial charge is 0.255 e. The Hall–Kier alpha value is -3.85. The number of allylic oxidation sites excluding steroid dienone is 1. The van der Waals surface area contributed by atoms with Gasteiger partial charge in [-0.25, -0.2) is 0 Å². The molecule has 1 saturated heterocycles. The van der Waals surface area contributed by atoms with E-state index in [0.29, 0.717) is 11.5 Å². The van der Waals surface area contributed by atoms with E-state index < -0.39 is 0 Å². The van der Waals surface area contributed by atoms with E-state index in [0.717, 1.165) is 60.7 Å². The Morgan fingerprint density at radius 2 is 1.75 bits per heavy atom. The summed E-state index contributed by atoms with van der Waals surface area (Å²) >= 11 is 0. The number of anilines is 1. The molecule has 5 rings (SSSR count). The monoisotopic (exact) mass is 532 g/mol. The molecule has 0 atom stereocenters. The Bertz CT molecular complexity index is 1470. The second kappa shape index (κ2) is 12.6. The summed E-state index contributed by atoms with van der Waals surface area (Å²) in [4.78, 5) is 18.3. The number of rotatable bonds is 7. The number of carbonyl (C=O) groups excluding carboxylic acids is 1. The molecule has 2 N–H and O–H groups in total. The van der Waals surface area contributed by atoms with Crippen LogP contribution in [0.4, 0.5) is 5.69 Å². The van der Waals surface area contributed by atoms with E-state index in [2.05, 4.69) is 76.6 Å². The first-order valence-electron chi connectivity index (χ1n) is 14.3. The highest BCUT2D eigenvalue weighted by Gasteiger charge is 2.27. The SMILES string of the molecule is CN/C=C(/C#Cc1cc(C(=O)Nc2ccc(CN3CCN(C)CC3)c(C3CC3)c2)ccc1C)c1ccccc1C. The molecular formula is C35H40N4O. The van der Waals surface area contributed by atoms with E-state index in [9.17, 15) is 4.79 Å². The molecule has 1 saturated carbocycles. The van der Waals surface area contributed by atoms with Gasteiger partial charge in [-0.05, 0) is 91.7 Å². The fourth-order valence-corrected chi connectivity index (χ4v) is 5.27. The maximum absolute atomic E-state index is 13.3. The second-order valence-corrected chi connectivity index (χ2v) is 11.2. The molecule has 1 amide bonds. The van der Waals surface area contributed by atoms with Gasteiger partial charge in [0.05, 0.1) is 0 Å². The Balaban J connectivity index is 1.33. The first kappa shape index (κ1) is 27.7. The summed E-state index contributed by atoms with van der Waals surface area (Å²) in [6.07, 6.45) is 4.39. The van der Waals surface area contributed by atoms with E-state index >= 15 is 0 Å². The number of amides is 1. The first-order valence-corrected chi connectivity index (χ1v) is 14.3. The average Bonchev–Trinajstić information content (AvgIpc) is 3.80. The average molecular weight is 533 g/mol. The predicted octanol–water partition coefficient (Wildman–Crippen LogP) is 5.79. The van der Waals surface area contributed by atoms with Crippen LogP contribution in [-0.4, -0.2) is 56.0 Å². The molecule has 5 heteroatoms. The van der Waals surface area contributed by atoms with Crippen molar-refractivity contribution in [3.63, 3.8) is 0 Å². The summed E-state index contributed by atoms with van der Waals surface area (Å²) in [5, 5.41) is 6.27. The van der Waals surface area contributed by atoms with Gasteiger partial charge < -0.3 is 15.5 Å². The zero-order valence-electron chi connectivity index (χ0n) is 24.2. The molecule has 3 aromatic carbocycles. The van der Waals surface area contributed by atoms with Gasteiger partial charge in [-0.3, -0.25) is 9.69 Å². The van der Waals surface area contributed by atoms with Crippen LogP contribution < -0.4 is 10.6 Å². The molecule has 1 aliphatic carbocycles. The molecule has 0 radical (unpaired) electrons. The molecule has 2 fully saturated rings. The van der Waals surface area contributed by atoms with Gasteiger partial charge in [0.2, 0.25) is 0 Å². The number of aryl methyl sites for hydroxylation is 2. The molecule has 1 aliphatic heterocycles. The Labute approximate surface area is 239 Å². The lowest BCUT2D eigenvalue weighted by atomic mass is 10.00. The molecule has 206 valence electrons. The molecule has 0 bridgehead atoms. The molecular weight excluding hydrogens is 492 g/mol.